The maximum Gasteiger partial charge on any atom is 0.339 e. The zero-order valence-corrected chi connectivity index (χ0v) is 22.6. The Kier molecular flexibility index (Phi) is 6.84. The van der Waals surface area contributed by atoms with E-state index < -0.39 is 11.7 Å². The summed E-state index contributed by atoms with van der Waals surface area (Å²) in [5, 5.41) is 12.9. The molecule has 196 valence electrons. The molecule has 1 aliphatic heterocycles. The second-order valence-corrected chi connectivity index (χ2v) is 11.2. The molecule has 1 aromatic heterocycles. The van der Waals surface area contributed by atoms with E-state index in [0.29, 0.717) is 40.3 Å². The Labute approximate surface area is 222 Å². The molecule has 2 aliphatic rings. The molecule has 1 aliphatic carbocycles. The topological polar surface area (TPSA) is 80.0 Å². The van der Waals surface area contributed by atoms with Crippen LogP contribution in [0.3, 0.4) is 0 Å². The van der Waals surface area contributed by atoms with E-state index >= 15 is 0 Å². The molecule has 5 rings (SSSR count). The lowest BCUT2D eigenvalue weighted by Gasteiger charge is -2.53. The van der Waals surface area contributed by atoms with Gasteiger partial charge in [-0.3, -0.25) is 4.79 Å². The SMILES string of the molecule is Cc1cc(O[C@@H](C)C(=O)N2CC[C@@]3(O)CCCC[C@H]3[C@H]2c2ccc(Cl)cc2)c2c(C)c(C)c(=O)oc2c1. The number of halogens is 1. The third-order valence-corrected chi connectivity index (χ3v) is 8.62. The number of aryl methyl sites for hydroxylation is 2. The summed E-state index contributed by atoms with van der Waals surface area (Å²) in [5.74, 6) is 0.342. The minimum atomic E-state index is -0.777. The summed E-state index contributed by atoms with van der Waals surface area (Å²) in [6, 6.07) is 11.0. The molecular weight excluding hydrogens is 490 g/mol. The van der Waals surface area contributed by atoms with E-state index in [1.165, 1.54) is 0 Å². The Balaban J connectivity index is 1.50. The van der Waals surface area contributed by atoms with Gasteiger partial charge in [-0.2, -0.15) is 0 Å². The van der Waals surface area contributed by atoms with Gasteiger partial charge in [-0.05, 0) is 87.9 Å². The molecule has 2 heterocycles. The van der Waals surface area contributed by atoms with Crippen molar-refractivity contribution in [2.75, 3.05) is 6.54 Å². The summed E-state index contributed by atoms with van der Waals surface area (Å²) in [7, 11) is 0. The molecule has 6 nitrogen and oxygen atoms in total. The van der Waals surface area contributed by atoms with Crippen LogP contribution in [0, 0.1) is 26.7 Å². The fraction of sp³-hybridized carbons (Fsp3) is 0.467. The minimum Gasteiger partial charge on any atom is -0.480 e. The largest absolute Gasteiger partial charge is 0.480 e. The second-order valence-electron chi connectivity index (χ2n) is 10.8. The molecule has 2 aromatic carbocycles. The van der Waals surface area contributed by atoms with Gasteiger partial charge < -0.3 is 19.2 Å². The fourth-order valence-electron chi connectivity index (χ4n) is 6.26. The predicted molar refractivity (Wildman–Crippen MR) is 144 cm³/mol. The Morgan fingerprint density at radius 2 is 1.86 bits per heavy atom. The first kappa shape index (κ1) is 25.8. The van der Waals surface area contributed by atoms with Crippen LogP contribution in [-0.4, -0.2) is 34.2 Å². The Hall–Kier alpha value is -2.83. The number of amides is 1. The van der Waals surface area contributed by atoms with Gasteiger partial charge in [0.05, 0.1) is 17.0 Å². The molecule has 7 heteroatoms. The van der Waals surface area contributed by atoms with Crippen LogP contribution in [0.15, 0.2) is 45.6 Å². The molecule has 1 saturated carbocycles. The predicted octanol–water partition coefficient (Wildman–Crippen LogP) is 6.03. The average Bonchev–Trinajstić information content (AvgIpc) is 2.86. The number of carbonyl (C=O) groups is 1. The standard InChI is InChI=1S/C30H34ClNO5/c1-17-15-24(26-18(2)19(3)29(34)37-25(26)16-17)36-20(4)28(33)32-14-13-30(35)12-6-5-7-23(30)27(32)21-8-10-22(31)11-9-21/h8-11,15-16,20,23,27,35H,5-7,12-14H2,1-4H3/t20-,23-,27+,30-/m0/s1. The van der Waals surface area contributed by atoms with E-state index in [1.807, 2.05) is 55.1 Å². The maximum absolute atomic E-state index is 14.0. The molecule has 0 bridgehead atoms. The van der Waals surface area contributed by atoms with Crippen LogP contribution in [0.4, 0.5) is 0 Å². The van der Waals surface area contributed by atoms with Crippen molar-refractivity contribution < 1.29 is 19.1 Å². The van der Waals surface area contributed by atoms with Gasteiger partial charge in [0.1, 0.15) is 11.3 Å². The van der Waals surface area contributed by atoms with E-state index in [4.69, 9.17) is 20.8 Å². The number of aliphatic hydroxyl groups is 1. The first-order chi connectivity index (χ1) is 17.6. The quantitative estimate of drug-likeness (QED) is 0.422. The van der Waals surface area contributed by atoms with Crippen molar-refractivity contribution >= 4 is 28.5 Å². The van der Waals surface area contributed by atoms with Crippen LogP contribution < -0.4 is 10.4 Å². The first-order valence-corrected chi connectivity index (χ1v) is 13.5. The third kappa shape index (κ3) is 4.66. The van der Waals surface area contributed by atoms with E-state index in [1.54, 1.807) is 13.8 Å². The molecule has 1 amide bonds. The summed E-state index contributed by atoms with van der Waals surface area (Å²) < 4.78 is 11.9. The van der Waals surface area contributed by atoms with Gasteiger partial charge in [-0.15, -0.1) is 0 Å². The van der Waals surface area contributed by atoms with Crippen LogP contribution in [0.5, 0.6) is 5.75 Å². The molecule has 4 atom stereocenters. The van der Waals surface area contributed by atoms with Crippen molar-refractivity contribution in [1.29, 1.82) is 0 Å². The lowest BCUT2D eigenvalue weighted by molar-refractivity contribution is -0.161. The van der Waals surface area contributed by atoms with Gasteiger partial charge in [0.25, 0.3) is 5.91 Å². The normalized spacial score (nSPS) is 24.5. The van der Waals surface area contributed by atoms with Crippen LogP contribution in [0.25, 0.3) is 11.0 Å². The summed E-state index contributed by atoms with van der Waals surface area (Å²) in [6.07, 6.45) is 3.43. The number of piperidine rings is 1. The van der Waals surface area contributed by atoms with Crippen LogP contribution in [0.1, 0.15) is 67.3 Å². The minimum absolute atomic E-state index is 0.0497. The van der Waals surface area contributed by atoms with E-state index in [9.17, 15) is 14.7 Å². The Bertz CT molecular complexity index is 1400. The highest BCUT2D eigenvalue weighted by Gasteiger charge is 2.50. The molecule has 37 heavy (non-hydrogen) atoms. The number of likely N-dealkylation sites (tertiary alicyclic amines) is 1. The van der Waals surface area contributed by atoms with Gasteiger partial charge >= 0.3 is 5.63 Å². The van der Waals surface area contributed by atoms with Crippen molar-refractivity contribution in [1.82, 2.24) is 4.90 Å². The lowest BCUT2D eigenvalue weighted by atomic mass is 9.66. The number of hydrogen-bond donors (Lipinski definition) is 1. The molecule has 3 aromatic rings. The van der Waals surface area contributed by atoms with E-state index in [-0.39, 0.29) is 23.5 Å². The highest BCUT2D eigenvalue weighted by molar-refractivity contribution is 6.30. The van der Waals surface area contributed by atoms with Crippen LogP contribution >= 0.6 is 11.6 Å². The molecule has 0 unspecified atom stereocenters. The van der Waals surface area contributed by atoms with Crippen molar-refractivity contribution in [3.05, 3.63) is 74.1 Å². The molecule has 1 saturated heterocycles. The summed E-state index contributed by atoms with van der Waals surface area (Å²) >= 11 is 6.17. The monoisotopic (exact) mass is 523 g/mol. The highest BCUT2D eigenvalue weighted by atomic mass is 35.5. The molecule has 0 spiro atoms. The number of fused-ring (bicyclic) bond motifs is 2. The summed E-state index contributed by atoms with van der Waals surface area (Å²) in [6.45, 7) is 7.72. The second kappa shape index (κ2) is 9.80. The summed E-state index contributed by atoms with van der Waals surface area (Å²) in [4.78, 5) is 28.1. The van der Waals surface area contributed by atoms with Crippen LogP contribution in [0.2, 0.25) is 5.02 Å². The van der Waals surface area contributed by atoms with E-state index in [2.05, 4.69) is 0 Å². The Morgan fingerprint density at radius 1 is 1.14 bits per heavy atom. The molecule has 1 N–H and O–H groups in total. The molecule has 2 fully saturated rings. The van der Waals surface area contributed by atoms with Gasteiger partial charge in [0, 0.05) is 23.0 Å². The molecule has 0 radical (unpaired) electrons. The first-order valence-electron chi connectivity index (χ1n) is 13.1. The number of hydrogen-bond acceptors (Lipinski definition) is 5. The zero-order valence-electron chi connectivity index (χ0n) is 21.8. The van der Waals surface area contributed by atoms with Gasteiger partial charge in [-0.1, -0.05) is 36.6 Å². The number of nitrogens with zero attached hydrogens (tertiary/aromatic N) is 1. The number of carbonyl (C=O) groups excluding carboxylic acids is 1. The van der Waals surface area contributed by atoms with Gasteiger partial charge in [0.15, 0.2) is 6.10 Å². The number of benzene rings is 2. The van der Waals surface area contributed by atoms with Crippen molar-refractivity contribution in [2.45, 2.75) is 77.5 Å². The third-order valence-electron chi connectivity index (χ3n) is 8.37. The zero-order chi connectivity index (χ0) is 26.5. The van der Waals surface area contributed by atoms with Crippen LogP contribution in [-0.2, 0) is 4.79 Å². The summed E-state index contributed by atoms with van der Waals surface area (Å²) in [5.41, 5.74) is 2.46. The highest BCUT2D eigenvalue weighted by Crippen LogP contribution is 2.49. The van der Waals surface area contributed by atoms with Crippen molar-refractivity contribution in [3.8, 4) is 5.75 Å². The maximum atomic E-state index is 14.0. The fourth-order valence-corrected chi connectivity index (χ4v) is 6.38. The number of ether oxygens (including phenoxy) is 1. The van der Waals surface area contributed by atoms with Crippen molar-refractivity contribution in [3.63, 3.8) is 0 Å². The molecular formula is C30H34ClNO5. The average molecular weight is 524 g/mol. The Morgan fingerprint density at radius 3 is 2.59 bits per heavy atom. The van der Waals surface area contributed by atoms with Gasteiger partial charge in [-0.25, -0.2) is 4.79 Å². The lowest BCUT2D eigenvalue weighted by Crippen LogP contribution is -2.58. The number of rotatable bonds is 4. The van der Waals surface area contributed by atoms with E-state index in [0.717, 1.165) is 42.4 Å². The smallest absolute Gasteiger partial charge is 0.339 e. The van der Waals surface area contributed by atoms with Gasteiger partial charge in [0.2, 0.25) is 0 Å². The van der Waals surface area contributed by atoms with Crippen molar-refractivity contribution in [2.24, 2.45) is 5.92 Å².